The fourth-order valence-corrected chi connectivity index (χ4v) is 2.32. The second kappa shape index (κ2) is 6.83. The third-order valence-corrected chi connectivity index (χ3v) is 3.46. The quantitative estimate of drug-likeness (QED) is 0.449. The second-order valence-electron chi connectivity index (χ2n) is 4.89. The van der Waals surface area contributed by atoms with Gasteiger partial charge in [-0.15, -0.1) is 12.4 Å². The Bertz CT molecular complexity index is 679. The molecular weight excluding hydrogens is 302 g/mol. The molecule has 0 amide bonds. The summed E-state index contributed by atoms with van der Waals surface area (Å²) in [7, 11) is -0.920. The van der Waals surface area contributed by atoms with E-state index in [1.54, 1.807) is 12.1 Å². The van der Waals surface area contributed by atoms with Crippen molar-refractivity contribution in [1.82, 2.24) is 0 Å². The van der Waals surface area contributed by atoms with Crippen LogP contribution in [-0.4, -0.2) is 18.0 Å². The molecule has 0 atom stereocenters. The predicted molar refractivity (Wildman–Crippen MR) is 87.9 cm³/mol. The lowest BCUT2D eigenvalue weighted by molar-refractivity contribution is 0.274. The number of benzene rings is 2. The van der Waals surface area contributed by atoms with Crippen LogP contribution in [0.15, 0.2) is 42.5 Å². The Labute approximate surface area is 135 Å². The van der Waals surface area contributed by atoms with Crippen molar-refractivity contribution in [3.8, 4) is 5.75 Å². The first-order chi connectivity index (χ1) is 10.1. The lowest BCUT2D eigenvalue weighted by Gasteiger charge is -2.11. The number of halogens is 1. The van der Waals surface area contributed by atoms with Crippen molar-refractivity contribution in [3.63, 3.8) is 0 Å². The van der Waals surface area contributed by atoms with Gasteiger partial charge in [0.15, 0.2) is 0 Å². The van der Waals surface area contributed by atoms with Gasteiger partial charge in [-0.3, -0.25) is 5.41 Å². The fraction of sp³-hybridized carbons (Fsp3) is 0.133. The Balaban J connectivity index is 0.00000176. The highest BCUT2D eigenvalue weighted by Crippen LogP contribution is 2.19. The van der Waals surface area contributed by atoms with Crippen molar-refractivity contribution in [2.45, 2.75) is 13.2 Å². The average molecular weight is 319 g/mol. The van der Waals surface area contributed by atoms with Crippen molar-refractivity contribution in [2.75, 3.05) is 0 Å². The zero-order valence-electron chi connectivity index (χ0n) is 11.8. The molecule has 7 heteroatoms. The SMILES string of the molecule is Cl.N=C(N)c1ccc(COc2cccc3c2B(O)OC3)cc1. The molecule has 0 unspecified atom stereocenters. The number of fused-ring (bicyclic) bond motifs is 1. The summed E-state index contributed by atoms with van der Waals surface area (Å²) in [4.78, 5) is 0. The van der Waals surface area contributed by atoms with Gasteiger partial charge in [-0.05, 0) is 17.2 Å². The van der Waals surface area contributed by atoms with Crippen LogP contribution >= 0.6 is 12.4 Å². The molecule has 0 saturated heterocycles. The van der Waals surface area contributed by atoms with E-state index in [2.05, 4.69) is 0 Å². The largest absolute Gasteiger partial charge is 0.495 e. The molecule has 1 aliphatic heterocycles. The smallest absolute Gasteiger partial charge is 0.489 e. The lowest BCUT2D eigenvalue weighted by atomic mass is 9.79. The van der Waals surface area contributed by atoms with E-state index in [1.807, 2.05) is 30.3 Å². The van der Waals surface area contributed by atoms with Crippen molar-refractivity contribution in [1.29, 1.82) is 5.41 Å². The van der Waals surface area contributed by atoms with Crippen LogP contribution in [0.5, 0.6) is 5.75 Å². The van der Waals surface area contributed by atoms with Crippen LogP contribution < -0.4 is 15.9 Å². The van der Waals surface area contributed by atoms with Gasteiger partial charge in [-0.1, -0.05) is 36.4 Å². The minimum atomic E-state index is -0.920. The Kier molecular flexibility index (Phi) is 5.08. The number of nitrogen functional groups attached to an aromatic ring is 1. The normalized spacial score (nSPS) is 12.5. The summed E-state index contributed by atoms with van der Waals surface area (Å²) < 4.78 is 11.0. The number of ether oxygens (including phenoxy) is 1. The van der Waals surface area contributed by atoms with Crippen molar-refractivity contribution < 1.29 is 14.4 Å². The Morgan fingerprint density at radius 2 is 2.00 bits per heavy atom. The van der Waals surface area contributed by atoms with Crippen LogP contribution in [-0.2, 0) is 17.9 Å². The fourth-order valence-electron chi connectivity index (χ4n) is 2.32. The molecule has 2 aromatic rings. The monoisotopic (exact) mass is 318 g/mol. The summed E-state index contributed by atoms with van der Waals surface area (Å²) >= 11 is 0. The highest BCUT2D eigenvalue weighted by molar-refractivity contribution is 6.62. The van der Waals surface area contributed by atoms with E-state index in [0.29, 0.717) is 30.0 Å². The molecule has 0 aromatic heterocycles. The number of nitrogens with two attached hydrogens (primary N) is 1. The molecule has 3 rings (SSSR count). The molecule has 22 heavy (non-hydrogen) atoms. The van der Waals surface area contributed by atoms with Crippen LogP contribution in [0.2, 0.25) is 0 Å². The summed E-state index contributed by atoms with van der Waals surface area (Å²) in [6.07, 6.45) is 0. The molecule has 0 radical (unpaired) electrons. The van der Waals surface area contributed by atoms with E-state index in [4.69, 9.17) is 20.5 Å². The molecule has 1 heterocycles. The number of hydrogen-bond acceptors (Lipinski definition) is 4. The summed E-state index contributed by atoms with van der Waals surface area (Å²) in [5.41, 5.74) is 8.72. The Morgan fingerprint density at radius 1 is 1.27 bits per heavy atom. The van der Waals surface area contributed by atoms with E-state index in [-0.39, 0.29) is 18.2 Å². The number of amidine groups is 1. The topological polar surface area (TPSA) is 88.6 Å². The number of nitrogens with one attached hydrogen (secondary N) is 1. The van der Waals surface area contributed by atoms with Gasteiger partial charge in [-0.25, -0.2) is 0 Å². The van der Waals surface area contributed by atoms with Gasteiger partial charge in [0.1, 0.15) is 18.2 Å². The van der Waals surface area contributed by atoms with Gasteiger partial charge in [0, 0.05) is 11.0 Å². The minimum absolute atomic E-state index is 0. The molecule has 5 nitrogen and oxygen atoms in total. The van der Waals surface area contributed by atoms with Crippen LogP contribution in [0.3, 0.4) is 0 Å². The first-order valence-corrected chi connectivity index (χ1v) is 6.63. The summed E-state index contributed by atoms with van der Waals surface area (Å²) in [6, 6.07) is 12.9. The zero-order chi connectivity index (χ0) is 14.8. The second-order valence-corrected chi connectivity index (χ2v) is 4.89. The first kappa shape index (κ1) is 16.4. The molecule has 0 aliphatic carbocycles. The van der Waals surface area contributed by atoms with Crippen molar-refractivity contribution >= 4 is 30.8 Å². The number of hydrogen-bond donors (Lipinski definition) is 3. The lowest BCUT2D eigenvalue weighted by Crippen LogP contribution is -2.29. The molecule has 0 spiro atoms. The maximum Gasteiger partial charge on any atom is 0.495 e. The molecule has 4 N–H and O–H groups in total. The van der Waals surface area contributed by atoms with Gasteiger partial charge in [-0.2, -0.15) is 0 Å². The maximum absolute atomic E-state index is 9.82. The van der Waals surface area contributed by atoms with Crippen molar-refractivity contribution in [3.05, 3.63) is 59.2 Å². The first-order valence-electron chi connectivity index (χ1n) is 6.63. The highest BCUT2D eigenvalue weighted by Gasteiger charge is 2.30. The van der Waals surface area contributed by atoms with E-state index < -0.39 is 7.12 Å². The van der Waals surface area contributed by atoms with Crippen LogP contribution in [0.4, 0.5) is 0 Å². The van der Waals surface area contributed by atoms with Gasteiger partial charge >= 0.3 is 7.12 Å². The van der Waals surface area contributed by atoms with E-state index in [0.717, 1.165) is 11.1 Å². The third kappa shape index (κ3) is 3.25. The molecule has 0 saturated carbocycles. The standard InChI is InChI=1S/C15H15BN2O3.ClH/c17-15(18)11-6-4-10(5-7-11)8-20-13-3-1-2-12-9-21-16(19)14(12)13;/h1-7,19H,8-9H2,(H3,17,18);1H. The third-order valence-electron chi connectivity index (χ3n) is 3.46. The van der Waals surface area contributed by atoms with Gasteiger partial charge in [0.25, 0.3) is 0 Å². The zero-order valence-corrected chi connectivity index (χ0v) is 12.6. The van der Waals surface area contributed by atoms with E-state index in [9.17, 15) is 5.02 Å². The average Bonchev–Trinajstić information content (AvgIpc) is 2.88. The maximum atomic E-state index is 9.82. The molecule has 114 valence electrons. The van der Waals surface area contributed by atoms with E-state index >= 15 is 0 Å². The van der Waals surface area contributed by atoms with Crippen molar-refractivity contribution in [2.24, 2.45) is 5.73 Å². The van der Waals surface area contributed by atoms with Gasteiger partial charge < -0.3 is 20.1 Å². The van der Waals surface area contributed by atoms with Crippen LogP contribution in [0.1, 0.15) is 16.7 Å². The Morgan fingerprint density at radius 3 is 2.68 bits per heavy atom. The van der Waals surface area contributed by atoms with Crippen LogP contribution in [0, 0.1) is 5.41 Å². The molecular formula is C15H16BClN2O3. The van der Waals surface area contributed by atoms with Gasteiger partial charge in [0.05, 0.1) is 6.61 Å². The molecule has 0 bridgehead atoms. The molecule has 2 aromatic carbocycles. The summed E-state index contributed by atoms with van der Waals surface area (Å²) in [6.45, 7) is 0.780. The molecule has 0 fully saturated rings. The van der Waals surface area contributed by atoms with Gasteiger partial charge in [0.2, 0.25) is 0 Å². The predicted octanol–water partition coefficient (Wildman–Crippen LogP) is 1.19. The molecule has 1 aliphatic rings. The minimum Gasteiger partial charge on any atom is -0.489 e. The Hall–Kier alpha value is -2.02. The summed E-state index contributed by atoms with van der Waals surface area (Å²) in [5, 5.41) is 17.2. The van der Waals surface area contributed by atoms with Crippen LogP contribution in [0.25, 0.3) is 0 Å². The van der Waals surface area contributed by atoms with E-state index in [1.165, 1.54) is 0 Å². The summed E-state index contributed by atoms with van der Waals surface area (Å²) in [5.74, 6) is 0.678. The highest BCUT2D eigenvalue weighted by atomic mass is 35.5. The number of rotatable bonds is 4.